The molecule has 15 atom stereocenters. The van der Waals surface area contributed by atoms with Gasteiger partial charge in [0.15, 0.2) is 18.5 Å². The minimum Gasteiger partial charge on any atom is -0.458 e. The number of fused-ring (bicyclic) bond motifs is 5. The largest absolute Gasteiger partial charge is 0.458 e. The second kappa shape index (κ2) is 18.7. The number of hydrogen-bond donors (Lipinski definition) is 2. The summed E-state index contributed by atoms with van der Waals surface area (Å²) >= 11 is 0. The number of aliphatic hydroxyl groups excluding tert-OH is 1. The third-order valence-electron chi connectivity index (χ3n) is 14.0. The molecule has 0 radical (unpaired) electrons. The van der Waals surface area contributed by atoms with Gasteiger partial charge in [-0.05, 0) is 85.3 Å². The smallest absolute Gasteiger partial charge is 0.411 e. The van der Waals surface area contributed by atoms with Crippen molar-refractivity contribution in [2.24, 2.45) is 34.7 Å². The number of aliphatic hydroxyl groups is 1. The zero-order valence-electron chi connectivity index (χ0n) is 38.3. The van der Waals surface area contributed by atoms with Gasteiger partial charge < -0.3 is 49.0 Å². The van der Waals surface area contributed by atoms with Crippen LogP contribution in [0.3, 0.4) is 0 Å². The second-order valence-corrected chi connectivity index (χ2v) is 19.0. The van der Waals surface area contributed by atoms with Crippen molar-refractivity contribution >= 4 is 29.4 Å². The number of amides is 1. The third kappa shape index (κ3) is 9.32. The van der Waals surface area contributed by atoms with Gasteiger partial charge in [-0.3, -0.25) is 14.5 Å². The third-order valence-corrected chi connectivity index (χ3v) is 14.0. The number of carbonyl (C=O) groups excluding carboxylic acids is 3. The highest BCUT2D eigenvalue weighted by Crippen LogP contribution is 2.45. The highest BCUT2D eigenvalue weighted by Gasteiger charge is 2.61. The summed E-state index contributed by atoms with van der Waals surface area (Å²) in [6, 6.07) is 9.68. The number of esters is 1. The van der Waals surface area contributed by atoms with Gasteiger partial charge in [-0.25, -0.2) is 14.8 Å². The summed E-state index contributed by atoms with van der Waals surface area (Å²) in [6.45, 7) is 14.7. The van der Waals surface area contributed by atoms with Crippen LogP contribution in [0.1, 0.15) is 80.3 Å². The molecule has 7 rings (SSSR count). The molecule has 0 aromatic carbocycles. The van der Waals surface area contributed by atoms with E-state index in [9.17, 15) is 19.5 Å². The standard InChI is InChI=1S/C46H66N6O11/c1-11-35-46(8)40-26(4)37(53)24(2)19-45(7)41(62-43-38(54)34(51(9)10)18-25(3)60-43)27(5)39(28(6)42(55)61-35)57-21-29(22-58-45)33(20-52(40)44(56)63-46)50-59-23-30-14-12-15-31(48-30)32-16-13-17-36(47)49-32/h12-17,24-29,34-35,38-41,43,54H,11,18-23H2,1-10H3,(H2,47,49)/b50-33-/t24-,25-,26+,27+,28-,29?,34+,35-,38-,39+,40+,41-,43+,45?,46?/m1/s1. The number of carbonyl (C=O) groups is 3. The van der Waals surface area contributed by atoms with E-state index < -0.39 is 89.6 Å². The van der Waals surface area contributed by atoms with E-state index in [0.29, 0.717) is 41.5 Å². The van der Waals surface area contributed by atoms with Gasteiger partial charge in [0.25, 0.3) is 0 Å². The number of nitrogens with zero attached hydrogens (tertiary/aromatic N) is 5. The summed E-state index contributed by atoms with van der Waals surface area (Å²) in [7, 11) is 3.82. The lowest BCUT2D eigenvalue weighted by Crippen LogP contribution is -2.61. The SMILES string of the molecule is CC[C@H]1OC(=O)[C@H](C)[C@H]2OCC3COC(C)(C[C@@H](C)C(=O)[C@H](C)[C@@H]4N(C/C3=N/OCc3cccc(-c5cccc(N)n5)n3)C(=O)OC41C)[C@H](O[C@@H]1O[C@H](C)C[C@H](N(C)C)[C@H]1O)[C@H]2C. The number of likely N-dealkylation sites (N-methyl/N-ethyl adjacent to an activating group) is 1. The summed E-state index contributed by atoms with van der Waals surface area (Å²) in [5.74, 6) is -3.77. The van der Waals surface area contributed by atoms with E-state index in [1.807, 2.05) is 77.9 Å². The molecule has 2 aromatic heterocycles. The van der Waals surface area contributed by atoms with E-state index in [-0.39, 0.29) is 50.7 Å². The first-order chi connectivity index (χ1) is 29.8. The van der Waals surface area contributed by atoms with Gasteiger partial charge in [0.2, 0.25) is 0 Å². The van der Waals surface area contributed by atoms with Crippen LogP contribution in [0.25, 0.3) is 11.4 Å². The molecule has 3 unspecified atom stereocenters. The lowest BCUT2D eigenvalue weighted by molar-refractivity contribution is -0.302. The van der Waals surface area contributed by atoms with E-state index in [4.69, 9.17) is 49.1 Å². The molecule has 0 aliphatic carbocycles. The first-order valence-corrected chi connectivity index (χ1v) is 22.4. The topological polar surface area (TPSA) is 207 Å². The van der Waals surface area contributed by atoms with Crippen LogP contribution in [0.2, 0.25) is 0 Å². The fourth-order valence-corrected chi connectivity index (χ4v) is 10.7. The van der Waals surface area contributed by atoms with Gasteiger partial charge in [0.05, 0.1) is 78.4 Å². The van der Waals surface area contributed by atoms with E-state index >= 15 is 0 Å². The number of aromatic nitrogens is 2. The number of ketones is 1. The molecule has 1 amide bonds. The maximum atomic E-state index is 14.9. The summed E-state index contributed by atoms with van der Waals surface area (Å²) in [6.07, 6.45) is -4.52. The molecule has 3 N–H and O–H groups in total. The Labute approximate surface area is 370 Å². The molecular weight excluding hydrogens is 813 g/mol. The van der Waals surface area contributed by atoms with Crippen molar-refractivity contribution in [2.75, 3.05) is 39.6 Å². The first kappa shape index (κ1) is 46.7. The molecule has 0 spiro atoms. The van der Waals surface area contributed by atoms with Crippen molar-refractivity contribution < 1.29 is 52.7 Å². The Morgan fingerprint density at radius 3 is 2.41 bits per heavy atom. The number of rotatable bonds is 8. The number of pyridine rings is 2. The number of anilines is 1. The maximum absolute atomic E-state index is 14.9. The van der Waals surface area contributed by atoms with Crippen LogP contribution in [-0.2, 0) is 49.5 Å². The fourth-order valence-electron chi connectivity index (χ4n) is 10.7. The minimum atomic E-state index is -1.42. The molecule has 0 saturated carbocycles. The summed E-state index contributed by atoms with van der Waals surface area (Å²) in [5.41, 5.74) is 5.49. The Bertz CT molecular complexity index is 2020. The van der Waals surface area contributed by atoms with Crippen molar-refractivity contribution in [3.8, 4) is 11.4 Å². The predicted molar refractivity (Wildman–Crippen MR) is 231 cm³/mol. The monoisotopic (exact) mass is 878 g/mol. The van der Waals surface area contributed by atoms with Crippen molar-refractivity contribution in [1.82, 2.24) is 19.8 Å². The van der Waals surface area contributed by atoms with Crippen LogP contribution in [-0.4, -0.2) is 142 Å². The van der Waals surface area contributed by atoms with Crippen molar-refractivity contribution in [1.29, 1.82) is 0 Å². The van der Waals surface area contributed by atoms with Gasteiger partial charge in [0, 0.05) is 29.7 Å². The molecule has 5 fully saturated rings. The molecule has 17 nitrogen and oxygen atoms in total. The quantitative estimate of drug-likeness (QED) is 0.274. The highest BCUT2D eigenvalue weighted by molar-refractivity contribution is 5.92. The first-order valence-electron chi connectivity index (χ1n) is 22.4. The van der Waals surface area contributed by atoms with Crippen LogP contribution in [0, 0.1) is 29.6 Å². The van der Waals surface area contributed by atoms with Gasteiger partial charge in [0.1, 0.15) is 23.8 Å². The molecule has 5 aliphatic heterocycles. The number of ether oxygens (including phenoxy) is 6. The van der Waals surface area contributed by atoms with Crippen LogP contribution in [0.15, 0.2) is 41.6 Å². The molecule has 5 aliphatic rings. The molecule has 63 heavy (non-hydrogen) atoms. The van der Waals surface area contributed by atoms with Gasteiger partial charge in [-0.2, -0.15) is 0 Å². The number of nitrogens with two attached hydrogens (primary N) is 1. The Hall–Kier alpha value is -4.26. The Kier molecular flexibility index (Phi) is 13.9. The Morgan fingerprint density at radius 1 is 1.00 bits per heavy atom. The average molecular weight is 879 g/mol. The fraction of sp³-hybridized carbons (Fsp3) is 0.696. The molecule has 2 aromatic rings. The average Bonchev–Trinajstić information content (AvgIpc) is 3.52. The lowest BCUT2D eigenvalue weighted by Gasteiger charge is -2.48. The van der Waals surface area contributed by atoms with Gasteiger partial charge >= 0.3 is 12.1 Å². The number of nitrogen functional groups attached to an aromatic ring is 1. The van der Waals surface area contributed by atoms with E-state index in [1.54, 1.807) is 32.9 Å². The van der Waals surface area contributed by atoms with E-state index in [1.165, 1.54) is 4.90 Å². The molecule has 346 valence electrons. The normalized spacial score (nSPS) is 39.6. The molecule has 6 bridgehead atoms. The van der Waals surface area contributed by atoms with Crippen LogP contribution >= 0.6 is 0 Å². The molecule has 7 heterocycles. The minimum absolute atomic E-state index is 0.00925. The molecule has 5 saturated heterocycles. The van der Waals surface area contributed by atoms with Crippen LogP contribution < -0.4 is 5.73 Å². The molecular formula is C46H66N6O11. The number of Topliss-reactive ketones (excluding diaryl/α,β-unsaturated/α-hetero) is 1. The maximum Gasteiger partial charge on any atom is 0.411 e. The highest BCUT2D eigenvalue weighted by atomic mass is 16.7. The number of oxime groups is 1. The zero-order chi connectivity index (χ0) is 45.5. The second-order valence-electron chi connectivity index (χ2n) is 19.0. The van der Waals surface area contributed by atoms with Gasteiger partial charge in [-0.15, -0.1) is 0 Å². The van der Waals surface area contributed by atoms with Crippen molar-refractivity contribution in [3.05, 3.63) is 42.1 Å². The summed E-state index contributed by atoms with van der Waals surface area (Å²) in [5, 5.41) is 16.5. The van der Waals surface area contributed by atoms with E-state index in [2.05, 4.69) is 4.98 Å². The number of cyclic esters (lactones) is 1. The van der Waals surface area contributed by atoms with Gasteiger partial charge in [-0.1, -0.05) is 45.0 Å². The van der Waals surface area contributed by atoms with Crippen molar-refractivity contribution in [3.63, 3.8) is 0 Å². The summed E-state index contributed by atoms with van der Waals surface area (Å²) in [4.78, 5) is 62.4. The van der Waals surface area contributed by atoms with Crippen LogP contribution in [0.4, 0.5) is 10.6 Å². The lowest BCUT2D eigenvalue weighted by atomic mass is 9.73. The van der Waals surface area contributed by atoms with Crippen molar-refractivity contribution in [2.45, 2.75) is 141 Å². The van der Waals surface area contributed by atoms with E-state index in [0.717, 1.165) is 0 Å². The Morgan fingerprint density at radius 2 is 1.71 bits per heavy atom. The molecule has 17 heteroatoms. The summed E-state index contributed by atoms with van der Waals surface area (Å²) < 4.78 is 39.9. The predicted octanol–water partition coefficient (Wildman–Crippen LogP) is 4.63. The Balaban J connectivity index is 1.35. The zero-order valence-corrected chi connectivity index (χ0v) is 38.3. The number of hydrogen-bond acceptors (Lipinski definition) is 16. The van der Waals surface area contributed by atoms with Crippen LogP contribution in [0.5, 0.6) is 0 Å².